The smallest absolute Gasteiger partial charge is 0.239 e. The Morgan fingerprint density at radius 2 is 1.95 bits per heavy atom. The number of nitrogens with two attached hydrogens (primary N) is 2. The molecule has 4 N–H and O–H groups in total. The largest absolute Gasteiger partial charge is 0.369 e. The minimum atomic E-state index is -3.94. The molecule has 0 aliphatic rings. The first kappa shape index (κ1) is 14.8. The molecule has 0 bridgehead atoms. The van der Waals surface area contributed by atoms with Crippen LogP contribution in [0.15, 0.2) is 41.3 Å². The third-order valence-corrected chi connectivity index (χ3v) is 4.68. The second-order valence-corrected chi connectivity index (χ2v) is 6.90. The number of hydrogen-bond acceptors (Lipinski definition) is 4. The summed E-state index contributed by atoms with van der Waals surface area (Å²) in [6.45, 7) is 1.95. The standard InChI is InChI=1S/C14H13ClN4O2S/c1-8-3-2-4-9(5-8)19-12-7-13(22(17,20)21)10(15)6-11(12)18-14(19)16/h2-7H,1H3,(H2,16,18)(H2,17,20,21). The molecule has 0 unspecified atom stereocenters. The lowest BCUT2D eigenvalue weighted by molar-refractivity contribution is 0.598. The van der Waals surface area contributed by atoms with E-state index in [0.717, 1.165) is 11.3 Å². The van der Waals surface area contributed by atoms with Crippen LogP contribution in [0.1, 0.15) is 5.56 Å². The summed E-state index contributed by atoms with van der Waals surface area (Å²) in [5.74, 6) is 0.239. The molecule has 22 heavy (non-hydrogen) atoms. The summed E-state index contributed by atoms with van der Waals surface area (Å²) in [6, 6.07) is 10.4. The maximum atomic E-state index is 11.6. The van der Waals surface area contributed by atoms with Crippen molar-refractivity contribution >= 4 is 38.6 Å². The van der Waals surface area contributed by atoms with Crippen molar-refractivity contribution < 1.29 is 8.42 Å². The van der Waals surface area contributed by atoms with E-state index in [1.54, 1.807) is 4.57 Å². The topological polar surface area (TPSA) is 104 Å². The number of rotatable bonds is 2. The van der Waals surface area contributed by atoms with Crippen molar-refractivity contribution in [2.75, 3.05) is 5.73 Å². The van der Waals surface area contributed by atoms with E-state index in [9.17, 15) is 8.42 Å². The lowest BCUT2D eigenvalue weighted by Gasteiger charge is -2.08. The van der Waals surface area contributed by atoms with Crippen LogP contribution in [0.3, 0.4) is 0 Å². The Hall–Kier alpha value is -2.09. The van der Waals surface area contributed by atoms with Gasteiger partial charge in [0, 0.05) is 5.69 Å². The molecule has 2 aromatic carbocycles. The maximum absolute atomic E-state index is 11.6. The van der Waals surface area contributed by atoms with Crippen molar-refractivity contribution in [2.45, 2.75) is 11.8 Å². The molecule has 1 aromatic heterocycles. The first-order chi connectivity index (χ1) is 10.3. The Labute approximate surface area is 132 Å². The van der Waals surface area contributed by atoms with E-state index in [-0.39, 0.29) is 15.9 Å². The highest BCUT2D eigenvalue weighted by Gasteiger charge is 2.18. The third-order valence-electron chi connectivity index (χ3n) is 3.30. The second kappa shape index (κ2) is 4.98. The minimum absolute atomic E-state index is 0.0175. The minimum Gasteiger partial charge on any atom is -0.369 e. The van der Waals surface area contributed by atoms with Crippen molar-refractivity contribution in [1.29, 1.82) is 0 Å². The fourth-order valence-electron chi connectivity index (χ4n) is 2.35. The van der Waals surface area contributed by atoms with Crippen LogP contribution in [0, 0.1) is 6.92 Å². The molecular formula is C14H13ClN4O2S. The molecule has 0 radical (unpaired) electrons. The summed E-state index contributed by atoms with van der Waals surface area (Å²) >= 11 is 5.97. The summed E-state index contributed by atoms with van der Waals surface area (Å²) in [5, 5.41) is 5.21. The van der Waals surface area contributed by atoms with Gasteiger partial charge in [0.15, 0.2) is 0 Å². The van der Waals surface area contributed by atoms with E-state index in [4.69, 9.17) is 22.5 Å². The molecule has 1 heterocycles. The van der Waals surface area contributed by atoms with Gasteiger partial charge in [0.25, 0.3) is 0 Å². The summed E-state index contributed by atoms with van der Waals surface area (Å²) in [5.41, 5.74) is 8.82. The number of nitrogens with zero attached hydrogens (tertiary/aromatic N) is 2. The number of primary sulfonamides is 1. The highest BCUT2D eigenvalue weighted by atomic mass is 35.5. The molecule has 0 spiro atoms. The van der Waals surface area contributed by atoms with Crippen LogP contribution in [0.4, 0.5) is 5.95 Å². The monoisotopic (exact) mass is 336 g/mol. The number of halogens is 1. The van der Waals surface area contributed by atoms with Gasteiger partial charge in [-0.2, -0.15) is 0 Å². The third kappa shape index (κ3) is 2.43. The van der Waals surface area contributed by atoms with Crippen molar-refractivity contribution in [3.63, 3.8) is 0 Å². The normalized spacial score (nSPS) is 12.0. The van der Waals surface area contributed by atoms with Gasteiger partial charge in [0.2, 0.25) is 16.0 Å². The first-order valence-electron chi connectivity index (χ1n) is 6.34. The average molecular weight is 337 g/mol. The van der Waals surface area contributed by atoms with E-state index in [1.807, 2.05) is 31.2 Å². The van der Waals surface area contributed by atoms with E-state index in [1.165, 1.54) is 12.1 Å². The summed E-state index contributed by atoms with van der Waals surface area (Å²) < 4.78 is 24.9. The van der Waals surface area contributed by atoms with E-state index < -0.39 is 10.0 Å². The van der Waals surface area contributed by atoms with E-state index in [0.29, 0.717) is 11.0 Å². The number of sulfonamides is 1. The van der Waals surface area contributed by atoms with Gasteiger partial charge < -0.3 is 5.73 Å². The van der Waals surface area contributed by atoms with Crippen molar-refractivity contribution in [2.24, 2.45) is 5.14 Å². The molecule has 0 saturated carbocycles. The van der Waals surface area contributed by atoms with Crippen LogP contribution in [-0.4, -0.2) is 18.0 Å². The fourth-order valence-corrected chi connectivity index (χ4v) is 3.44. The lowest BCUT2D eigenvalue weighted by Crippen LogP contribution is -2.13. The number of aryl methyl sites for hydroxylation is 1. The Balaban J connectivity index is 2.38. The van der Waals surface area contributed by atoms with Gasteiger partial charge in [-0.3, -0.25) is 4.57 Å². The summed E-state index contributed by atoms with van der Waals surface area (Å²) in [4.78, 5) is 4.07. The molecule has 0 fully saturated rings. The molecule has 8 heteroatoms. The van der Waals surface area contributed by atoms with Crippen LogP contribution in [-0.2, 0) is 10.0 Å². The van der Waals surface area contributed by atoms with Gasteiger partial charge in [0.1, 0.15) is 4.90 Å². The highest BCUT2D eigenvalue weighted by molar-refractivity contribution is 7.89. The number of anilines is 1. The second-order valence-electron chi connectivity index (χ2n) is 4.96. The van der Waals surface area contributed by atoms with Crippen LogP contribution in [0.2, 0.25) is 5.02 Å². The molecular weight excluding hydrogens is 324 g/mol. The Kier molecular flexibility index (Phi) is 3.36. The number of hydrogen-bond donors (Lipinski definition) is 2. The van der Waals surface area contributed by atoms with Crippen LogP contribution >= 0.6 is 11.6 Å². The Morgan fingerprint density at radius 1 is 1.23 bits per heavy atom. The van der Waals surface area contributed by atoms with Gasteiger partial charge >= 0.3 is 0 Å². The van der Waals surface area contributed by atoms with Gasteiger partial charge in [-0.05, 0) is 36.8 Å². The number of fused-ring (bicyclic) bond motifs is 1. The molecule has 0 aliphatic heterocycles. The van der Waals surface area contributed by atoms with Gasteiger partial charge in [-0.1, -0.05) is 23.7 Å². The van der Waals surface area contributed by atoms with Crippen molar-refractivity contribution in [3.8, 4) is 5.69 Å². The fraction of sp³-hybridized carbons (Fsp3) is 0.0714. The van der Waals surface area contributed by atoms with E-state index >= 15 is 0 Å². The maximum Gasteiger partial charge on any atom is 0.239 e. The zero-order valence-electron chi connectivity index (χ0n) is 11.6. The molecule has 114 valence electrons. The molecule has 3 rings (SSSR count). The van der Waals surface area contributed by atoms with Gasteiger partial charge in [-0.25, -0.2) is 18.5 Å². The Morgan fingerprint density at radius 3 is 2.59 bits per heavy atom. The predicted molar refractivity (Wildman–Crippen MR) is 86.6 cm³/mol. The average Bonchev–Trinajstić information content (AvgIpc) is 2.71. The van der Waals surface area contributed by atoms with Crippen LogP contribution in [0.25, 0.3) is 16.7 Å². The van der Waals surface area contributed by atoms with Gasteiger partial charge in [0.05, 0.1) is 16.1 Å². The molecule has 0 saturated heterocycles. The zero-order valence-corrected chi connectivity index (χ0v) is 13.2. The summed E-state index contributed by atoms with van der Waals surface area (Å²) in [6.07, 6.45) is 0. The van der Waals surface area contributed by atoms with Crippen LogP contribution in [0.5, 0.6) is 0 Å². The number of imidazole rings is 1. The van der Waals surface area contributed by atoms with Crippen LogP contribution < -0.4 is 10.9 Å². The van der Waals surface area contributed by atoms with Crippen molar-refractivity contribution in [1.82, 2.24) is 9.55 Å². The molecule has 3 aromatic rings. The highest BCUT2D eigenvalue weighted by Crippen LogP contribution is 2.30. The number of nitrogen functional groups attached to an aromatic ring is 1. The summed E-state index contributed by atoms with van der Waals surface area (Å²) in [7, 11) is -3.94. The number of benzene rings is 2. The van der Waals surface area contributed by atoms with Gasteiger partial charge in [-0.15, -0.1) is 0 Å². The first-order valence-corrected chi connectivity index (χ1v) is 8.27. The quantitative estimate of drug-likeness (QED) is 0.748. The molecule has 6 nitrogen and oxygen atoms in total. The van der Waals surface area contributed by atoms with E-state index in [2.05, 4.69) is 4.98 Å². The number of aromatic nitrogens is 2. The molecule has 0 aliphatic carbocycles. The SMILES string of the molecule is Cc1cccc(-n2c(N)nc3cc(Cl)c(S(N)(=O)=O)cc32)c1. The predicted octanol–water partition coefficient (Wildman–Crippen LogP) is 2.22. The lowest BCUT2D eigenvalue weighted by atomic mass is 10.2. The zero-order chi connectivity index (χ0) is 16.1. The molecule has 0 atom stereocenters. The van der Waals surface area contributed by atoms with Crippen molar-refractivity contribution in [3.05, 3.63) is 47.0 Å². The molecule has 0 amide bonds. The Bertz CT molecular complexity index is 995.